The first-order valence-corrected chi connectivity index (χ1v) is 10.6. The van der Waals surface area contributed by atoms with Gasteiger partial charge in [-0.15, -0.1) is 0 Å². The second kappa shape index (κ2) is 11.0. The lowest BCUT2D eigenvalue weighted by Gasteiger charge is -2.33. The SMILES string of the molecule is CN/C(=C\C(=N)N1CCOCC1)NC1CCN(Cc2cccc(C(=O)OC)c2)CC1. The van der Waals surface area contributed by atoms with Crippen molar-refractivity contribution < 1.29 is 14.3 Å². The third-order valence-electron chi connectivity index (χ3n) is 5.60. The largest absolute Gasteiger partial charge is 0.465 e. The summed E-state index contributed by atoms with van der Waals surface area (Å²) in [4.78, 5) is 16.2. The number of hydrogen-bond donors (Lipinski definition) is 3. The van der Waals surface area contributed by atoms with Crippen molar-refractivity contribution in [2.45, 2.75) is 25.4 Å². The number of benzene rings is 1. The molecule has 1 aromatic rings. The van der Waals surface area contributed by atoms with Gasteiger partial charge < -0.3 is 25.0 Å². The van der Waals surface area contributed by atoms with Crippen LogP contribution in [0.4, 0.5) is 0 Å². The number of nitrogens with one attached hydrogen (secondary N) is 3. The summed E-state index contributed by atoms with van der Waals surface area (Å²) in [7, 11) is 3.29. The number of carbonyl (C=O) groups is 1. The molecule has 3 N–H and O–H groups in total. The Bertz CT molecular complexity index is 753. The molecule has 0 spiro atoms. The second-order valence-electron chi connectivity index (χ2n) is 7.68. The number of likely N-dealkylation sites (tertiary alicyclic amines) is 1. The molecule has 2 heterocycles. The molecule has 0 aromatic heterocycles. The van der Waals surface area contributed by atoms with Crippen molar-refractivity contribution in [3.05, 3.63) is 47.3 Å². The summed E-state index contributed by atoms with van der Waals surface area (Å²) >= 11 is 0. The monoisotopic (exact) mass is 415 g/mol. The smallest absolute Gasteiger partial charge is 0.337 e. The first kappa shape index (κ1) is 22.1. The van der Waals surface area contributed by atoms with Crippen LogP contribution in [0.15, 0.2) is 36.2 Å². The van der Waals surface area contributed by atoms with Gasteiger partial charge in [0.25, 0.3) is 0 Å². The van der Waals surface area contributed by atoms with E-state index in [1.165, 1.54) is 7.11 Å². The first-order valence-electron chi connectivity index (χ1n) is 10.6. The molecule has 0 atom stereocenters. The summed E-state index contributed by atoms with van der Waals surface area (Å²) in [6.45, 7) is 5.69. The Morgan fingerprint density at radius 2 is 2.00 bits per heavy atom. The predicted octanol–water partition coefficient (Wildman–Crippen LogP) is 1.40. The van der Waals surface area contributed by atoms with E-state index in [0.717, 1.165) is 56.9 Å². The maximum atomic E-state index is 11.7. The molecule has 0 unspecified atom stereocenters. The minimum Gasteiger partial charge on any atom is -0.465 e. The van der Waals surface area contributed by atoms with Crippen LogP contribution in [-0.4, -0.2) is 81.2 Å². The highest BCUT2D eigenvalue weighted by atomic mass is 16.5. The summed E-state index contributed by atoms with van der Waals surface area (Å²) < 4.78 is 10.2. The maximum Gasteiger partial charge on any atom is 0.337 e. The zero-order valence-electron chi connectivity index (χ0n) is 17.9. The minimum atomic E-state index is -0.297. The van der Waals surface area contributed by atoms with Crippen LogP contribution in [0.5, 0.6) is 0 Å². The number of esters is 1. The summed E-state index contributed by atoms with van der Waals surface area (Å²) in [5.41, 5.74) is 1.72. The van der Waals surface area contributed by atoms with Crippen molar-refractivity contribution in [2.24, 2.45) is 0 Å². The number of rotatable bonds is 7. The molecule has 1 aromatic carbocycles. The highest BCUT2D eigenvalue weighted by Gasteiger charge is 2.20. The van der Waals surface area contributed by atoms with Gasteiger partial charge in [-0.3, -0.25) is 10.3 Å². The fourth-order valence-electron chi connectivity index (χ4n) is 3.85. The van der Waals surface area contributed by atoms with E-state index >= 15 is 0 Å². The lowest BCUT2D eigenvalue weighted by Crippen LogP contribution is -2.44. The molecular formula is C22H33N5O3. The van der Waals surface area contributed by atoms with Crippen LogP contribution >= 0.6 is 0 Å². The van der Waals surface area contributed by atoms with Crippen LogP contribution in [0, 0.1) is 5.41 Å². The molecule has 0 radical (unpaired) electrons. The number of carbonyl (C=O) groups excluding carboxylic acids is 1. The van der Waals surface area contributed by atoms with Crippen LogP contribution in [0.3, 0.4) is 0 Å². The topological polar surface area (TPSA) is 89.9 Å². The zero-order chi connectivity index (χ0) is 21.3. The Labute approximate surface area is 178 Å². The third-order valence-corrected chi connectivity index (χ3v) is 5.60. The van der Waals surface area contributed by atoms with E-state index in [1.807, 2.05) is 30.2 Å². The van der Waals surface area contributed by atoms with Crippen molar-refractivity contribution in [3.8, 4) is 0 Å². The summed E-state index contributed by atoms with van der Waals surface area (Å²) in [6.07, 6.45) is 3.93. The number of amidine groups is 1. The van der Waals surface area contributed by atoms with Crippen LogP contribution in [0.2, 0.25) is 0 Å². The highest BCUT2D eigenvalue weighted by molar-refractivity contribution is 5.90. The number of ether oxygens (including phenoxy) is 2. The van der Waals surface area contributed by atoms with Gasteiger partial charge in [-0.2, -0.15) is 0 Å². The molecule has 0 amide bonds. The van der Waals surface area contributed by atoms with Gasteiger partial charge in [0.15, 0.2) is 0 Å². The first-order chi connectivity index (χ1) is 14.6. The van der Waals surface area contributed by atoms with Crippen molar-refractivity contribution in [1.82, 2.24) is 20.4 Å². The van der Waals surface area contributed by atoms with Crippen LogP contribution in [-0.2, 0) is 16.0 Å². The van der Waals surface area contributed by atoms with E-state index in [0.29, 0.717) is 30.7 Å². The molecule has 2 aliphatic rings. The molecule has 3 rings (SSSR count). The van der Waals surface area contributed by atoms with Gasteiger partial charge in [-0.05, 0) is 30.5 Å². The van der Waals surface area contributed by atoms with Crippen molar-refractivity contribution >= 4 is 11.8 Å². The number of piperidine rings is 1. The minimum absolute atomic E-state index is 0.297. The van der Waals surface area contributed by atoms with E-state index in [1.54, 1.807) is 6.07 Å². The third kappa shape index (κ3) is 6.21. The van der Waals surface area contributed by atoms with Gasteiger partial charge in [0.1, 0.15) is 11.7 Å². The summed E-state index contributed by atoms with van der Waals surface area (Å²) in [6, 6.07) is 8.03. The normalized spacial score (nSPS) is 18.7. The van der Waals surface area contributed by atoms with E-state index in [-0.39, 0.29) is 5.97 Å². The van der Waals surface area contributed by atoms with Crippen LogP contribution in [0.1, 0.15) is 28.8 Å². The molecule has 8 nitrogen and oxygen atoms in total. The Morgan fingerprint density at radius 1 is 1.27 bits per heavy atom. The Balaban J connectivity index is 1.48. The molecule has 30 heavy (non-hydrogen) atoms. The number of methoxy groups -OCH3 is 1. The molecule has 164 valence electrons. The Kier molecular flexibility index (Phi) is 8.10. The van der Waals surface area contributed by atoms with Gasteiger partial charge in [0, 0.05) is 51.9 Å². The van der Waals surface area contributed by atoms with Gasteiger partial charge in [0.2, 0.25) is 0 Å². The molecule has 2 aliphatic heterocycles. The summed E-state index contributed by atoms with van der Waals surface area (Å²) in [5, 5.41) is 15.1. The fourth-order valence-corrected chi connectivity index (χ4v) is 3.85. The molecule has 0 bridgehead atoms. The number of nitrogens with zero attached hydrogens (tertiary/aromatic N) is 2. The quantitative estimate of drug-likeness (QED) is 0.352. The Hall–Kier alpha value is -2.58. The van der Waals surface area contributed by atoms with Crippen molar-refractivity contribution in [1.29, 1.82) is 5.41 Å². The molecule has 2 saturated heterocycles. The van der Waals surface area contributed by atoms with Crippen molar-refractivity contribution in [3.63, 3.8) is 0 Å². The lowest BCUT2D eigenvalue weighted by atomic mass is 10.0. The molecule has 0 saturated carbocycles. The Morgan fingerprint density at radius 3 is 2.67 bits per heavy atom. The average Bonchev–Trinajstić information content (AvgIpc) is 2.80. The number of morpholine rings is 1. The summed E-state index contributed by atoms with van der Waals surface area (Å²) in [5.74, 6) is 1.10. The predicted molar refractivity (Wildman–Crippen MR) is 116 cm³/mol. The zero-order valence-corrected chi connectivity index (χ0v) is 17.9. The average molecular weight is 416 g/mol. The van der Waals surface area contributed by atoms with Gasteiger partial charge in [0.05, 0.1) is 25.9 Å². The lowest BCUT2D eigenvalue weighted by molar-refractivity contribution is 0.0600. The van der Waals surface area contributed by atoms with Crippen LogP contribution < -0.4 is 10.6 Å². The molecule has 2 fully saturated rings. The van der Waals surface area contributed by atoms with Gasteiger partial charge >= 0.3 is 5.97 Å². The van der Waals surface area contributed by atoms with E-state index in [4.69, 9.17) is 14.9 Å². The van der Waals surface area contributed by atoms with Crippen LogP contribution in [0.25, 0.3) is 0 Å². The van der Waals surface area contributed by atoms with Gasteiger partial charge in [-0.25, -0.2) is 4.79 Å². The van der Waals surface area contributed by atoms with E-state index < -0.39 is 0 Å². The maximum absolute atomic E-state index is 11.7. The molecule has 0 aliphatic carbocycles. The molecule has 8 heteroatoms. The molecular weight excluding hydrogens is 382 g/mol. The number of hydrogen-bond acceptors (Lipinski definition) is 7. The standard InChI is InChI=1S/C22H33N5O3/c1-24-21(15-20(23)27-10-12-30-13-11-27)25-19-6-8-26(9-7-19)16-17-4-3-5-18(14-17)22(28)29-2/h3-5,14-15,19,23-25H,6-13,16H2,1-2H3/b21-15+,23-20?. The fraction of sp³-hybridized carbons (Fsp3) is 0.545. The van der Waals surface area contributed by atoms with E-state index in [2.05, 4.69) is 21.6 Å². The van der Waals surface area contributed by atoms with E-state index in [9.17, 15) is 4.79 Å². The highest BCUT2D eigenvalue weighted by Crippen LogP contribution is 2.16. The second-order valence-corrected chi connectivity index (χ2v) is 7.68. The van der Waals surface area contributed by atoms with Crippen molar-refractivity contribution in [2.75, 3.05) is 53.6 Å². The van der Waals surface area contributed by atoms with Gasteiger partial charge in [-0.1, -0.05) is 12.1 Å².